The van der Waals surface area contributed by atoms with Crippen LogP contribution in [0.25, 0.3) is 44.5 Å². The van der Waals surface area contributed by atoms with E-state index in [4.69, 9.17) is 0 Å². The summed E-state index contributed by atoms with van der Waals surface area (Å²) < 4.78 is 0. The molecule has 0 aromatic heterocycles. The molecule has 9 rings (SSSR count). The van der Waals surface area contributed by atoms with Crippen molar-refractivity contribution < 1.29 is 0 Å². The van der Waals surface area contributed by atoms with E-state index in [2.05, 4.69) is 255 Å². The second-order valence-electron chi connectivity index (χ2n) is 24.4. The fourth-order valence-electron chi connectivity index (χ4n) is 10.6. The van der Waals surface area contributed by atoms with Gasteiger partial charge in [0, 0.05) is 27.8 Å². The lowest BCUT2D eigenvalue weighted by molar-refractivity contribution is 0.569. The lowest BCUT2D eigenvalue weighted by atomic mass is 9.77. The fraction of sp³-hybridized carbons (Fsp3) is 0.344. The molecule has 332 valence electrons. The van der Waals surface area contributed by atoms with Gasteiger partial charge < -0.3 is 4.90 Å². The number of rotatable bonds is 5. The summed E-state index contributed by atoms with van der Waals surface area (Å²) in [4.78, 5) is 2.59. The highest BCUT2D eigenvalue weighted by Crippen LogP contribution is 2.55. The number of hydrogen-bond donors (Lipinski definition) is 0. The number of hydrogen-bond acceptors (Lipinski definition) is 1. The third-order valence-electron chi connectivity index (χ3n) is 14.9. The van der Waals surface area contributed by atoms with E-state index in [1.165, 1.54) is 106 Å². The van der Waals surface area contributed by atoms with Crippen molar-refractivity contribution in [3.8, 4) is 44.5 Å². The predicted molar refractivity (Wildman–Crippen MR) is 282 cm³/mol. The van der Waals surface area contributed by atoms with Crippen LogP contribution in [0.15, 0.2) is 140 Å². The highest BCUT2D eigenvalue weighted by molar-refractivity contribution is 5.96. The molecular formula is C64H71N. The Labute approximate surface area is 392 Å². The molecular weight excluding hydrogens is 783 g/mol. The minimum Gasteiger partial charge on any atom is -0.310 e. The lowest BCUT2D eigenvalue weighted by Crippen LogP contribution is -2.19. The quantitative estimate of drug-likeness (QED) is 0.167. The molecule has 0 saturated carbocycles. The van der Waals surface area contributed by atoms with E-state index >= 15 is 0 Å². The van der Waals surface area contributed by atoms with Crippen molar-refractivity contribution in [1.82, 2.24) is 0 Å². The van der Waals surface area contributed by atoms with Crippen molar-refractivity contribution in [2.75, 3.05) is 4.90 Å². The zero-order valence-electron chi connectivity index (χ0n) is 42.2. The predicted octanol–water partition coefficient (Wildman–Crippen LogP) is 18.3. The molecule has 65 heavy (non-hydrogen) atoms. The molecule has 1 heteroatoms. The monoisotopic (exact) mass is 854 g/mol. The van der Waals surface area contributed by atoms with Gasteiger partial charge in [0.15, 0.2) is 0 Å². The largest absolute Gasteiger partial charge is 0.310 e. The topological polar surface area (TPSA) is 3.24 Å². The van der Waals surface area contributed by atoms with Crippen molar-refractivity contribution in [3.63, 3.8) is 0 Å². The summed E-state index contributed by atoms with van der Waals surface area (Å²) >= 11 is 0. The van der Waals surface area contributed by atoms with Gasteiger partial charge >= 0.3 is 0 Å². The van der Waals surface area contributed by atoms with Crippen LogP contribution in [0, 0.1) is 0 Å². The van der Waals surface area contributed by atoms with Crippen LogP contribution in [0.4, 0.5) is 17.1 Å². The molecule has 0 bridgehead atoms. The number of anilines is 3. The van der Waals surface area contributed by atoms with Crippen LogP contribution < -0.4 is 4.90 Å². The van der Waals surface area contributed by atoms with E-state index in [0.717, 1.165) is 0 Å². The van der Waals surface area contributed by atoms with Crippen LogP contribution in [-0.2, 0) is 32.5 Å². The van der Waals surface area contributed by atoms with Crippen LogP contribution in [0.5, 0.6) is 0 Å². The summed E-state index contributed by atoms with van der Waals surface area (Å²) in [6, 6.07) is 54.6. The Bertz CT molecular complexity index is 2870. The van der Waals surface area contributed by atoms with E-state index in [1.807, 2.05) is 0 Å². The number of benzene rings is 7. The Morgan fingerprint density at radius 2 is 0.692 bits per heavy atom. The van der Waals surface area contributed by atoms with E-state index in [0.29, 0.717) is 0 Å². The standard InChI is InChI=1S/C64H71N/c1-59(2,3)41-25-29-47(53(36-41)40-33-43(61(7,8)9)35-44(34-40)62(10,11)12)52-30-26-42(60(4,5)6)37-58(52)65(45-27-31-50-48-21-17-19-23-54(48)63(13,14)56(50)38-45)46-28-32-51-49-22-18-20-24-55(49)64(15,16)57(51)39-46/h17-39H,1-16H3. The second-order valence-corrected chi connectivity index (χ2v) is 24.4. The van der Waals surface area contributed by atoms with E-state index in [1.54, 1.807) is 0 Å². The van der Waals surface area contributed by atoms with E-state index in [9.17, 15) is 0 Å². The molecule has 0 radical (unpaired) electrons. The summed E-state index contributed by atoms with van der Waals surface area (Å²) in [6.45, 7) is 37.7. The first kappa shape index (κ1) is 44.5. The molecule has 0 unspecified atom stereocenters. The van der Waals surface area contributed by atoms with Crippen LogP contribution in [0.3, 0.4) is 0 Å². The summed E-state index contributed by atoms with van der Waals surface area (Å²) in [6.07, 6.45) is 0. The van der Waals surface area contributed by atoms with Gasteiger partial charge in [-0.05, 0) is 142 Å². The zero-order chi connectivity index (χ0) is 46.8. The summed E-state index contributed by atoms with van der Waals surface area (Å²) in [5, 5.41) is 0. The van der Waals surface area contributed by atoms with E-state index in [-0.39, 0.29) is 32.5 Å². The molecule has 0 heterocycles. The zero-order valence-corrected chi connectivity index (χ0v) is 42.2. The fourth-order valence-corrected chi connectivity index (χ4v) is 10.6. The molecule has 7 aromatic carbocycles. The van der Waals surface area contributed by atoms with Crippen molar-refractivity contribution in [2.24, 2.45) is 0 Å². The summed E-state index contributed by atoms with van der Waals surface area (Å²) in [5.41, 5.74) is 24.3. The maximum Gasteiger partial charge on any atom is 0.0543 e. The number of nitrogens with zero attached hydrogens (tertiary/aromatic N) is 1. The normalized spacial score (nSPS) is 15.0. The Kier molecular flexibility index (Phi) is 10.2. The Morgan fingerprint density at radius 1 is 0.308 bits per heavy atom. The maximum atomic E-state index is 2.59. The van der Waals surface area contributed by atoms with Gasteiger partial charge in [0.2, 0.25) is 0 Å². The maximum absolute atomic E-state index is 2.59. The van der Waals surface area contributed by atoms with Crippen LogP contribution in [-0.4, -0.2) is 0 Å². The average molecular weight is 854 g/mol. The van der Waals surface area contributed by atoms with Gasteiger partial charge in [-0.25, -0.2) is 0 Å². The first-order valence-electron chi connectivity index (χ1n) is 24.0. The van der Waals surface area contributed by atoms with Crippen LogP contribution in [0.1, 0.15) is 155 Å². The molecule has 0 fully saturated rings. The van der Waals surface area contributed by atoms with Gasteiger partial charge in [-0.15, -0.1) is 0 Å². The molecule has 2 aliphatic rings. The smallest absolute Gasteiger partial charge is 0.0543 e. The SMILES string of the molecule is CC(C)(C)c1cc(-c2cc(C(C)(C)C)ccc2-c2ccc(C(C)(C)C)cc2N(c2ccc3c(c2)C(C)(C)c2ccccc2-3)c2ccc3c(c2)C(C)(C)c2ccccc2-3)cc(C(C)(C)C)c1. The van der Waals surface area contributed by atoms with Crippen molar-refractivity contribution in [2.45, 2.75) is 143 Å². The van der Waals surface area contributed by atoms with Gasteiger partial charge in [-0.1, -0.05) is 214 Å². The first-order chi connectivity index (χ1) is 30.3. The summed E-state index contributed by atoms with van der Waals surface area (Å²) in [7, 11) is 0. The lowest BCUT2D eigenvalue weighted by Gasteiger charge is -2.33. The van der Waals surface area contributed by atoms with Gasteiger partial charge in [0.25, 0.3) is 0 Å². The molecule has 0 N–H and O–H groups in total. The molecule has 2 aliphatic carbocycles. The molecule has 0 atom stereocenters. The van der Waals surface area contributed by atoms with Gasteiger partial charge in [-0.3, -0.25) is 0 Å². The molecule has 0 aliphatic heterocycles. The highest BCUT2D eigenvalue weighted by Gasteiger charge is 2.38. The van der Waals surface area contributed by atoms with Gasteiger partial charge in [-0.2, -0.15) is 0 Å². The molecule has 0 amide bonds. The molecule has 1 nitrogen and oxygen atoms in total. The average Bonchev–Trinajstić information content (AvgIpc) is 3.61. The van der Waals surface area contributed by atoms with E-state index < -0.39 is 0 Å². The Hall–Kier alpha value is -5.66. The third-order valence-corrected chi connectivity index (χ3v) is 14.9. The van der Waals surface area contributed by atoms with Crippen molar-refractivity contribution >= 4 is 17.1 Å². The second kappa shape index (κ2) is 14.9. The van der Waals surface area contributed by atoms with Gasteiger partial charge in [0.1, 0.15) is 0 Å². The Morgan fingerprint density at radius 3 is 1.14 bits per heavy atom. The van der Waals surface area contributed by atoms with Crippen molar-refractivity contribution in [3.05, 3.63) is 184 Å². The molecule has 0 spiro atoms. The highest BCUT2D eigenvalue weighted by atomic mass is 15.1. The minimum absolute atomic E-state index is 0.0177. The first-order valence-corrected chi connectivity index (χ1v) is 24.0. The third kappa shape index (κ3) is 7.58. The number of fused-ring (bicyclic) bond motifs is 6. The molecule has 0 saturated heterocycles. The summed E-state index contributed by atoms with van der Waals surface area (Å²) in [5.74, 6) is 0. The minimum atomic E-state index is -0.149. The van der Waals surface area contributed by atoms with Crippen molar-refractivity contribution in [1.29, 1.82) is 0 Å². The Balaban J connectivity index is 1.37. The molecule has 7 aromatic rings. The van der Waals surface area contributed by atoms with Crippen LogP contribution in [0.2, 0.25) is 0 Å². The van der Waals surface area contributed by atoms with Crippen LogP contribution >= 0.6 is 0 Å². The van der Waals surface area contributed by atoms with Gasteiger partial charge in [0.05, 0.1) is 5.69 Å².